The van der Waals surface area contributed by atoms with Gasteiger partial charge in [-0.1, -0.05) is 36.9 Å². The molecule has 1 aromatic carbocycles. The van der Waals surface area contributed by atoms with E-state index in [1.54, 1.807) is 32.3 Å². The van der Waals surface area contributed by atoms with Gasteiger partial charge in [0.25, 0.3) is 5.91 Å². The Balaban J connectivity index is 2.51. The quantitative estimate of drug-likeness (QED) is 0.482. The van der Waals surface area contributed by atoms with Gasteiger partial charge in [0.05, 0.1) is 12.6 Å². The van der Waals surface area contributed by atoms with E-state index in [1.165, 1.54) is 14.2 Å². The molecule has 7 heteroatoms. The second-order valence-electron chi connectivity index (χ2n) is 5.93. The summed E-state index contributed by atoms with van der Waals surface area (Å²) >= 11 is 0. The predicted molar refractivity (Wildman–Crippen MR) is 106 cm³/mol. The molecule has 0 unspecified atom stereocenters. The number of benzene rings is 1. The van der Waals surface area contributed by atoms with Crippen LogP contribution in [0.3, 0.4) is 0 Å². The van der Waals surface area contributed by atoms with Crippen LogP contribution in [0.5, 0.6) is 0 Å². The fourth-order valence-electron chi connectivity index (χ4n) is 2.49. The summed E-state index contributed by atoms with van der Waals surface area (Å²) < 4.78 is 1.83. The fraction of sp³-hybridized carbons (Fsp3) is 0.158. The minimum absolute atomic E-state index is 0.0440. The molecule has 0 aliphatic carbocycles. The molecule has 2 aromatic rings. The number of hydrogen-bond donors (Lipinski definition) is 1. The first kappa shape index (κ1) is 19.3. The number of nitrogens with zero attached hydrogens (tertiary/aromatic N) is 2. The van der Waals surface area contributed by atoms with E-state index in [2.05, 4.69) is 6.58 Å². The highest BCUT2D eigenvalue weighted by atomic mass is 16.7. The molecule has 26 heavy (non-hydrogen) atoms. The average Bonchev–Trinajstić information content (AvgIpc) is 2.62. The zero-order valence-electron chi connectivity index (χ0n) is 15.2. The molecule has 6 nitrogen and oxygen atoms in total. The molecule has 0 saturated heterocycles. The normalized spacial score (nSPS) is 11.8. The highest BCUT2D eigenvalue weighted by Crippen LogP contribution is 2.14. The van der Waals surface area contributed by atoms with Crippen LogP contribution >= 0.6 is 0 Å². The van der Waals surface area contributed by atoms with Crippen molar-refractivity contribution in [2.75, 3.05) is 14.2 Å². The summed E-state index contributed by atoms with van der Waals surface area (Å²) in [5, 5.41) is 1.50. The lowest BCUT2D eigenvalue weighted by atomic mass is 10.1. The van der Waals surface area contributed by atoms with Crippen LogP contribution in [0.25, 0.3) is 10.9 Å². The zero-order valence-corrected chi connectivity index (χ0v) is 15.2. The molecule has 1 heterocycles. The molecule has 0 saturated carbocycles. The van der Waals surface area contributed by atoms with Gasteiger partial charge >= 0.3 is 0 Å². The number of carbonyl (C=O) groups excluding carboxylic acids is 1. The molecule has 0 fully saturated rings. The van der Waals surface area contributed by atoms with E-state index >= 15 is 0 Å². The first-order valence-electron chi connectivity index (χ1n) is 8.07. The molecule has 1 amide bonds. The summed E-state index contributed by atoms with van der Waals surface area (Å²) in [6, 6.07) is 7.16. The first-order valence-corrected chi connectivity index (χ1v) is 8.07. The average molecular weight is 351 g/mol. The van der Waals surface area contributed by atoms with Gasteiger partial charge in [0.1, 0.15) is 5.56 Å². The van der Waals surface area contributed by atoms with Crippen LogP contribution in [-0.4, -0.2) is 37.5 Å². The van der Waals surface area contributed by atoms with Crippen LogP contribution in [0.1, 0.15) is 10.4 Å². The maximum atomic E-state index is 12.7. The number of fused-ring (bicyclic) bond motifs is 1. The molecule has 0 bridgehead atoms. The lowest BCUT2D eigenvalue weighted by Crippen LogP contribution is -2.31. The number of carbonyl (C=O) groups is 1. The summed E-state index contributed by atoms with van der Waals surface area (Å²) in [6.07, 6.45) is 6.97. The molecule has 0 aliphatic heterocycles. The number of hydroxylamine groups is 2. The SMILES string of the molecule is B/C(N)=C/C=C\C(=C)Cn1cc(C(=O)N(C)OC)c(=O)c2ccccc21. The van der Waals surface area contributed by atoms with Crippen LogP contribution in [0.2, 0.25) is 0 Å². The van der Waals surface area contributed by atoms with Crippen molar-refractivity contribution in [3.8, 4) is 0 Å². The van der Waals surface area contributed by atoms with Crippen LogP contribution in [0, 0.1) is 0 Å². The number of allylic oxidation sites excluding steroid dienone is 4. The van der Waals surface area contributed by atoms with E-state index < -0.39 is 5.91 Å². The number of hydrogen-bond acceptors (Lipinski definition) is 4. The highest BCUT2D eigenvalue weighted by molar-refractivity contribution is 6.21. The monoisotopic (exact) mass is 351 g/mol. The number of amides is 1. The van der Waals surface area contributed by atoms with Gasteiger partial charge in [0.15, 0.2) is 7.85 Å². The van der Waals surface area contributed by atoms with Crippen molar-refractivity contribution < 1.29 is 9.63 Å². The molecular formula is C19H22BN3O3. The Hall–Kier alpha value is -3.06. The molecule has 0 atom stereocenters. The van der Waals surface area contributed by atoms with E-state index in [-0.39, 0.29) is 11.0 Å². The Morgan fingerprint density at radius 2 is 2.12 bits per heavy atom. The van der Waals surface area contributed by atoms with Crippen LogP contribution in [-0.2, 0) is 11.4 Å². The molecular weight excluding hydrogens is 329 g/mol. The van der Waals surface area contributed by atoms with Crippen molar-refractivity contribution in [1.29, 1.82) is 0 Å². The Morgan fingerprint density at radius 1 is 1.42 bits per heavy atom. The standard InChI is InChI=1S/C19H22BN3O3/c1-13(7-6-10-17(20)21)11-23-12-15(19(25)22(2)26-3)18(24)14-8-4-5-9-16(14)23/h4-10,12H,1,11,20-21H2,2-3H3/b7-6-,17-10-. The zero-order chi connectivity index (χ0) is 19.3. The molecule has 0 aliphatic rings. The summed E-state index contributed by atoms with van der Waals surface area (Å²) in [5.74, 6) is -0.500. The minimum atomic E-state index is -0.500. The Morgan fingerprint density at radius 3 is 2.77 bits per heavy atom. The predicted octanol–water partition coefficient (Wildman–Crippen LogP) is 1.18. The third kappa shape index (κ3) is 4.31. The Labute approximate surface area is 153 Å². The van der Waals surface area contributed by atoms with E-state index in [4.69, 9.17) is 10.6 Å². The fourth-order valence-corrected chi connectivity index (χ4v) is 2.49. The summed E-state index contributed by atoms with van der Waals surface area (Å²) in [7, 11) is 4.63. The number of aromatic nitrogens is 1. The van der Waals surface area contributed by atoms with E-state index in [0.717, 1.165) is 16.2 Å². The maximum absolute atomic E-state index is 12.7. The van der Waals surface area contributed by atoms with Crippen molar-refractivity contribution in [3.63, 3.8) is 0 Å². The number of rotatable bonds is 6. The molecule has 2 rings (SSSR count). The van der Waals surface area contributed by atoms with Crippen LogP contribution in [0.4, 0.5) is 0 Å². The first-order chi connectivity index (χ1) is 12.3. The second kappa shape index (κ2) is 8.35. The van der Waals surface area contributed by atoms with Gasteiger partial charge in [-0.05, 0) is 23.3 Å². The maximum Gasteiger partial charge on any atom is 0.282 e. The summed E-state index contributed by atoms with van der Waals surface area (Å²) in [6.45, 7) is 4.45. The highest BCUT2D eigenvalue weighted by Gasteiger charge is 2.18. The van der Waals surface area contributed by atoms with Crippen molar-refractivity contribution in [2.45, 2.75) is 6.54 Å². The minimum Gasteiger partial charge on any atom is -0.410 e. The van der Waals surface area contributed by atoms with Crippen LogP contribution < -0.4 is 11.2 Å². The van der Waals surface area contributed by atoms with Gasteiger partial charge in [-0.2, -0.15) is 0 Å². The lowest BCUT2D eigenvalue weighted by Gasteiger charge is -2.17. The van der Waals surface area contributed by atoms with Gasteiger partial charge in [-0.3, -0.25) is 14.4 Å². The largest absolute Gasteiger partial charge is 0.410 e. The van der Waals surface area contributed by atoms with Crippen molar-refractivity contribution in [3.05, 3.63) is 82.2 Å². The smallest absolute Gasteiger partial charge is 0.282 e. The number of para-hydroxylation sites is 1. The van der Waals surface area contributed by atoms with Gasteiger partial charge in [-0.15, -0.1) is 0 Å². The van der Waals surface area contributed by atoms with E-state index in [0.29, 0.717) is 17.5 Å². The van der Waals surface area contributed by atoms with Crippen LogP contribution in [0.15, 0.2) is 71.2 Å². The third-order valence-electron chi connectivity index (χ3n) is 3.84. The summed E-state index contributed by atoms with van der Waals surface area (Å²) in [5.41, 5.74) is 7.55. The number of pyridine rings is 1. The number of nitrogens with two attached hydrogens (primary N) is 1. The third-order valence-corrected chi connectivity index (χ3v) is 3.84. The molecule has 1 aromatic heterocycles. The topological polar surface area (TPSA) is 77.6 Å². The molecule has 134 valence electrons. The van der Waals surface area contributed by atoms with E-state index in [9.17, 15) is 9.59 Å². The summed E-state index contributed by atoms with van der Waals surface area (Å²) in [4.78, 5) is 30.1. The van der Waals surface area contributed by atoms with E-state index in [1.807, 2.05) is 28.9 Å². The van der Waals surface area contributed by atoms with Gasteiger partial charge < -0.3 is 10.3 Å². The molecule has 0 radical (unpaired) electrons. The van der Waals surface area contributed by atoms with Crippen molar-refractivity contribution >= 4 is 24.7 Å². The molecule has 2 N–H and O–H groups in total. The van der Waals surface area contributed by atoms with Crippen molar-refractivity contribution in [2.24, 2.45) is 5.73 Å². The molecule has 0 spiro atoms. The van der Waals surface area contributed by atoms with Crippen molar-refractivity contribution in [1.82, 2.24) is 9.63 Å². The Kier molecular flexibility index (Phi) is 6.19. The lowest BCUT2D eigenvalue weighted by molar-refractivity contribution is -0.0758. The van der Waals surface area contributed by atoms with Gasteiger partial charge in [0, 0.05) is 25.2 Å². The van der Waals surface area contributed by atoms with Gasteiger partial charge in [-0.25, -0.2) is 5.06 Å². The second-order valence-corrected chi connectivity index (χ2v) is 5.93. The van der Waals surface area contributed by atoms with Gasteiger partial charge in [0.2, 0.25) is 5.43 Å². The Bertz CT molecular complexity index is 956.